The molecule has 0 radical (unpaired) electrons. The molecule has 1 fully saturated rings. The van der Waals surface area contributed by atoms with Crippen molar-refractivity contribution in [3.05, 3.63) is 64.7 Å². The van der Waals surface area contributed by atoms with Crippen molar-refractivity contribution in [2.75, 3.05) is 20.2 Å². The van der Waals surface area contributed by atoms with E-state index in [9.17, 15) is 4.79 Å². The van der Waals surface area contributed by atoms with Crippen molar-refractivity contribution in [3.8, 4) is 5.75 Å². The molecule has 120 valence electrons. The van der Waals surface area contributed by atoms with Gasteiger partial charge in [0.1, 0.15) is 5.75 Å². The van der Waals surface area contributed by atoms with Crippen LogP contribution >= 0.6 is 11.6 Å². The minimum absolute atomic E-state index is 0.147. The van der Waals surface area contributed by atoms with E-state index < -0.39 is 0 Å². The number of amides is 1. The molecule has 0 saturated carbocycles. The molecule has 2 aromatic carbocycles. The molecule has 0 bridgehead atoms. The van der Waals surface area contributed by atoms with E-state index in [0.717, 1.165) is 30.8 Å². The van der Waals surface area contributed by atoms with Crippen molar-refractivity contribution in [2.45, 2.75) is 18.8 Å². The third-order valence-electron chi connectivity index (χ3n) is 4.43. The largest absolute Gasteiger partial charge is 0.497 e. The molecule has 3 nitrogen and oxygen atoms in total. The number of benzene rings is 2. The Bertz CT molecular complexity index is 684. The predicted octanol–water partition coefficient (Wildman–Crippen LogP) is 3.91. The fourth-order valence-electron chi connectivity index (χ4n) is 3.05. The Hall–Kier alpha value is -2.00. The molecule has 0 N–H and O–H groups in total. The Kier molecular flexibility index (Phi) is 4.87. The zero-order chi connectivity index (χ0) is 16.2. The molecule has 1 heterocycles. The van der Waals surface area contributed by atoms with Gasteiger partial charge in [-0.3, -0.25) is 4.79 Å². The monoisotopic (exact) mass is 329 g/mol. The number of carbonyl (C=O) groups excluding carboxylic acids is 1. The smallest absolute Gasteiger partial charge is 0.227 e. The van der Waals surface area contributed by atoms with Crippen LogP contribution in [-0.2, 0) is 11.2 Å². The molecule has 1 unspecified atom stereocenters. The van der Waals surface area contributed by atoms with E-state index in [1.54, 1.807) is 7.11 Å². The minimum Gasteiger partial charge on any atom is -0.497 e. The minimum atomic E-state index is 0.147. The maximum atomic E-state index is 12.5. The summed E-state index contributed by atoms with van der Waals surface area (Å²) >= 11 is 6.15. The number of rotatable bonds is 4. The maximum Gasteiger partial charge on any atom is 0.227 e. The lowest BCUT2D eigenvalue weighted by Gasteiger charge is -2.17. The van der Waals surface area contributed by atoms with Crippen LogP contribution < -0.4 is 4.74 Å². The van der Waals surface area contributed by atoms with Gasteiger partial charge in [0, 0.05) is 24.0 Å². The van der Waals surface area contributed by atoms with Crippen LogP contribution in [0.5, 0.6) is 5.75 Å². The van der Waals surface area contributed by atoms with Gasteiger partial charge in [-0.15, -0.1) is 0 Å². The van der Waals surface area contributed by atoms with Crippen molar-refractivity contribution < 1.29 is 9.53 Å². The summed E-state index contributed by atoms with van der Waals surface area (Å²) in [7, 11) is 1.67. The van der Waals surface area contributed by atoms with Crippen LogP contribution in [0.2, 0.25) is 5.02 Å². The topological polar surface area (TPSA) is 29.5 Å². The Balaban J connectivity index is 1.62. The average Bonchev–Trinajstić information content (AvgIpc) is 3.07. The molecule has 1 atom stereocenters. The lowest BCUT2D eigenvalue weighted by atomic mass is 9.98. The van der Waals surface area contributed by atoms with Crippen LogP contribution in [0.1, 0.15) is 23.5 Å². The van der Waals surface area contributed by atoms with E-state index in [2.05, 4.69) is 12.1 Å². The Morgan fingerprint density at radius 2 is 1.96 bits per heavy atom. The molecule has 1 aliphatic rings. The van der Waals surface area contributed by atoms with Gasteiger partial charge in [0.05, 0.1) is 13.5 Å². The summed E-state index contributed by atoms with van der Waals surface area (Å²) in [6.07, 6.45) is 1.37. The molecule has 4 heteroatoms. The van der Waals surface area contributed by atoms with Gasteiger partial charge in [0.15, 0.2) is 0 Å². The molecular formula is C19H20ClNO2. The van der Waals surface area contributed by atoms with Gasteiger partial charge in [-0.25, -0.2) is 0 Å². The first-order chi connectivity index (χ1) is 11.2. The third-order valence-corrected chi connectivity index (χ3v) is 4.80. The highest BCUT2D eigenvalue weighted by atomic mass is 35.5. The van der Waals surface area contributed by atoms with Crippen LogP contribution in [0.4, 0.5) is 0 Å². The number of nitrogens with zero attached hydrogens (tertiary/aromatic N) is 1. The second-order valence-corrected chi connectivity index (χ2v) is 6.27. The third kappa shape index (κ3) is 3.67. The highest BCUT2D eigenvalue weighted by Gasteiger charge is 2.27. The second-order valence-electron chi connectivity index (χ2n) is 5.87. The van der Waals surface area contributed by atoms with Gasteiger partial charge in [-0.05, 0) is 35.7 Å². The molecular weight excluding hydrogens is 310 g/mol. The lowest BCUT2D eigenvalue weighted by Crippen LogP contribution is -2.29. The molecule has 23 heavy (non-hydrogen) atoms. The van der Waals surface area contributed by atoms with Gasteiger partial charge in [0.2, 0.25) is 5.91 Å². The summed E-state index contributed by atoms with van der Waals surface area (Å²) in [6.45, 7) is 1.58. The van der Waals surface area contributed by atoms with Crippen LogP contribution in [-0.4, -0.2) is 31.0 Å². The zero-order valence-electron chi connectivity index (χ0n) is 13.2. The lowest BCUT2D eigenvalue weighted by molar-refractivity contribution is -0.129. The highest BCUT2D eigenvalue weighted by Crippen LogP contribution is 2.29. The molecule has 1 amide bonds. The first-order valence-electron chi connectivity index (χ1n) is 7.82. The van der Waals surface area contributed by atoms with Gasteiger partial charge in [-0.1, -0.05) is 41.9 Å². The van der Waals surface area contributed by atoms with E-state index in [0.29, 0.717) is 17.4 Å². The van der Waals surface area contributed by atoms with Crippen molar-refractivity contribution in [1.82, 2.24) is 4.90 Å². The standard InChI is InChI=1S/C19H20ClNO2/c1-23-17-8-6-14(7-9-17)16-10-11-21(13-16)19(22)12-15-4-2-3-5-18(15)20/h2-9,16H,10-13H2,1H3. The van der Waals surface area contributed by atoms with Gasteiger partial charge in [0.25, 0.3) is 0 Å². The van der Waals surface area contributed by atoms with E-state index >= 15 is 0 Å². The summed E-state index contributed by atoms with van der Waals surface area (Å²) in [5.74, 6) is 1.41. The fourth-order valence-corrected chi connectivity index (χ4v) is 3.25. The number of halogens is 1. The van der Waals surface area contributed by atoms with Crippen LogP contribution in [0.15, 0.2) is 48.5 Å². The molecule has 1 saturated heterocycles. The number of hydrogen-bond donors (Lipinski definition) is 0. The van der Waals surface area contributed by atoms with Crippen LogP contribution in [0.3, 0.4) is 0 Å². The van der Waals surface area contributed by atoms with E-state index in [1.807, 2.05) is 41.3 Å². The number of ether oxygens (including phenoxy) is 1. The Labute approximate surface area is 141 Å². The van der Waals surface area contributed by atoms with Crippen LogP contribution in [0, 0.1) is 0 Å². The summed E-state index contributed by atoms with van der Waals surface area (Å²) in [5.41, 5.74) is 2.16. The van der Waals surface area contributed by atoms with Crippen LogP contribution in [0.25, 0.3) is 0 Å². The second kappa shape index (κ2) is 7.05. The normalized spacial score (nSPS) is 17.3. The SMILES string of the molecule is COc1ccc(C2CCN(C(=O)Cc3ccccc3Cl)C2)cc1. The van der Waals surface area contributed by atoms with E-state index in [-0.39, 0.29) is 5.91 Å². The summed E-state index contributed by atoms with van der Waals surface area (Å²) in [5, 5.41) is 0.659. The summed E-state index contributed by atoms with van der Waals surface area (Å²) < 4.78 is 5.19. The van der Waals surface area contributed by atoms with E-state index in [1.165, 1.54) is 5.56 Å². The number of methoxy groups -OCH3 is 1. The first kappa shape index (κ1) is 15.9. The molecule has 0 spiro atoms. The van der Waals surface area contributed by atoms with E-state index in [4.69, 9.17) is 16.3 Å². The Morgan fingerprint density at radius 1 is 1.22 bits per heavy atom. The first-order valence-corrected chi connectivity index (χ1v) is 8.20. The number of carbonyl (C=O) groups is 1. The van der Waals surface area contributed by atoms with Crippen molar-refractivity contribution >= 4 is 17.5 Å². The summed E-state index contributed by atoms with van der Waals surface area (Å²) in [6, 6.07) is 15.7. The zero-order valence-corrected chi connectivity index (χ0v) is 13.9. The molecule has 0 aromatic heterocycles. The van der Waals surface area contributed by atoms with Gasteiger partial charge < -0.3 is 9.64 Å². The fraction of sp³-hybridized carbons (Fsp3) is 0.316. The predicted molar refractivity (Wildman–Crippen MR) is 92.1 cm³/mol. The summed E-state index contributed by atoms with van der Waals surface area (Å²) in [4.78, 5) is 14.4. The molecule has 3 rings (SSSR count). The van der Waals surface area contributed by atoms with Gasteiger partial charge >= 0.3 is 0 Å². The Morgan fingerprint density at radius 3 is 2.65 bits per heavy atom. The quantitative estimate of drug-likeness (QED) is 0.851. The maximum absolute atomic E-state index is 12.5. The van der Waals surface area contributed by atoms with Crippen molar-refractivity contribution in [1.29, 1.82) is 0 Å². The average molecular weight is 330 g/mol. The van der Waals surface area contributed by atoms with Crippen molar-refractivity contribution in [2.24, 2.45) is 0 Å². The molecule has 0 aliphatic carbocycles. The number of likely N-dealkylation sites (tertiary alicyclic amines) is 1. The molecule has 1 aliphatic heterocycles. The number of hydrogen-bond acceptors (Lipinski definition) is 2. The highest BCUT2D eigenvalue weighted by molar-refractivity contribution is 6.31. The van der Waals surface area contributed by atoms with Crippen molar-refractivity contribution in [3.63, 3.8) is 0 Å². The molecule has 2 aromatic rings. The van der Waals surface area contributed by atoms with Gasteiger partial charge in [-0.2, -0.15) is 0 Å².